The molecule has 2 aromatic heterocycles. The number of hydrogen-bond acceptors (Lipinski definition) is 4. The number of fused-ring (bicyclic) bond motifs is 1. The summed E-state index contributed by atoms with van der Waals surface area (Å²) in [6.07, 6.45) is 6.96. The van der Waals surface area contributed by atoms with Crippen LogP contribution in [0.1, 0.15) is 29.5 Å². The van der Waals surface area contributed by atoms with Gasteiger partial charge in [-0.15, -0.1) is 11.3 Å². The van der Waals surface area contributed by atoms with Crippen LogP contribution in [0.25, 0.3) is 10.7 Å². The van der Waals surface area contributed by atoms with Gasteiger partial charge in [-0.25, -0.2) is 9.97 Å². The van der Waals surface area contributed by atoms with Crippen LogP contribution in [0, 0.1) is 0 Å². The van der Waals surface area contributed by atoms with Crippen LogP contribution in [0.4, 0.5) is 0 Å². The summed E-state index contributed by atoms with van der Waals surface area (Å²) in [6.45, 7) is 0. The maximum Gasteiger partial charge on any atom is 0.142 e. The Labute approximate surface area is 98.1 Å². The zero-order valence-electron chi connectivity index (χ0n) is 9.18. The molecule has 3 rings (SSSR count). The first-order valence-electron chi connectivity index (χ1n) is 5.47. The largest absolute Gasteiger partial charge is 0.332 e. The van der Waals surface area contributed by atoms with Gasteiger partial charge in [-0.1, -0.05) is 0 Å². The molecule has 4 nitrogen and oxygen atoms in total. The molecule has 0 saturated heterocycles. The predicted molar refractivity (Wildman–Crippen MR) is 64.2 cm³/mol. The number of nitrogens with two attached hydrogens (primary N) is 1. The molecule has 2 heterocycles. The van der Waals surface area contributed by atoms with Gasteiger partial charge in [0.25, 0.3) is 0 Å². The minimum Gasteiger partial charge on any atom is -0.332 e. The molecule has 0 fully saturated rings. The highest BCUT2D eigenvalue weighted by atomic mass is 32.1. The summed E-state index contributed by atoms with van der Waals surface area (Å²) in [4.78, 5) is 10.1. The molecule has 0 bridgehead atoms. The predicted octanol–water partition coefficient (Wildman–Crippen LogP) is 1.88. The van der Waals surface area contributed by atoms with Crippen LogP contribution in [-0.2, 0) is 13.5 Å². The molecule has 16 heavy (non-hydrogen) atoms. The van der Waals surface area contributed by atoms with Crippen molar-refractivity contribution in [2.45, 2.75) is 25.3 Å². The Bertz CT molecular complexity index is 514. The second-order valence-corrected chi connectivity index (χ2v) is 5.25. The maximum atomic E-state index is 6.10. The van der Waals surface area contributed by atoms with Crippen molar-refractivity contribution in [3.05, 3.63) is 23.1 Å². The first kappa shape index (κ1) is 9.99. The van der Waals surface area contributed by atoms with Gasteiger partial charge in [0.15, 0.2) is 0 Å². The molecule has 2 aromatic rings. The average molecular weight is 234 g/mol. The SMILES string of the molecule is Cn1cncc1-c1nc2c(s1)C(N)CCC2. The Hall–Kier alpha value is -1.20. The standard InChI is InChI=1S/C11H14N4S/c1-15-6-13-5-9(15)11-14-8-4-2-3-7(12)10(8)16-11/h5-7H,2-4,12H2,1H3. The number of imidazole rings is 1. The van der Waals surface area contributed by atoms with E-state index in [4.69, 9.17) is 5.73 Å². The van der Waals surface area contributed by atoms with E-state index >= 15 is 0 Å². The van der Waals surface area contributed by atoms with E-state index in [1.807, 2.05) is 17.8 Å². The van der Waals surface area contributed by atoms with Crippen LogP contribution in [0.5, 0.6) is 0 Å². The van der Waals surface area contributed by atoms with E-state index in [1.165, 1.54) is 10.6 Å². The number of aromatic nitrogens is 3. The molecule has 5 heteroatoms. The van der Waals surface area contributed by atoms with Gasteiger partial charge in [0.05, 0.1) is 23.9 Å². The Morgan fingerprint density at radius 1 is 1.56 bits per heavy atom. The van der Waals surface area contributed by atoms with Crippen LogP contribution in [0.15, 0.2) is 12.5 Å². The number of hydrogen-bond donors (Lipinski definition) is 1. The average Bonchev–Trinajstić information content (AvgIpc) is 2.84. The molecular weight excluding hydrogens is 220 g/mol. The molecule has 1 atom stereocenters. The van der Waals surface area contributed by atoms with Crippen molar-refractivity contribution in [2.24, 2.45) is 12.8 Å². The van der Waals surface area contributed by atoms with E-state index in [9.17, 15) is 0 Å². The fourth-order valence-electron chi connectivity index (χ4n) is 2.13. The maximum absolute atomic E-state index is 6.10. The topological polar surface area (TPSA) is 56.7 Å². The van der Waals surface area contributed by atoms with Gasteiger partial charge in [-0.05, 0) is 19.3 Å². The highest BCUT2D eigenvalue weighted by Gasteiger charge is 2.22. The van der Waals surface area contributed by atoms with Gasteiger partial charge in [0, 0.05) is 18.0 Å². The quantitative estimate of drug-likeness (QED) is 0.819. The Morgan fingerprint density at radius 3 is 3.12 bits per heavy atom. The van der Waals surface area contributed by atoms with E-state index in [2.05, 4.69) is 9.97 Å². The molecule has 1 aliphatic rings. The summed E-state index contributed by atoms with van der Waals surface area (Å²) < 4.78 is 2.00. The highest BCUT2D eigenvalue weighted by Crippen LogP contribution is 2.36. The molecule has 0 amide bonds. The number of aryl methyl sites for hydroxylation is 2. The normalized spacial score (nSPS) is 19.8. The molecule has 0 radical (unpaired) electrons. The molecule has 0 aliphatic heterocycles. The van der Waals surface area contributed by atoms with Gasteiger partial charge in [-0.2, -0.15) is 0 Å². The highest BCUT2D eigenvalue weighted by molar-refractivity contribution is 7.15. The molecule has 84 valence electrons. The lowest BCUT2D eigenvalue weighted by Crippen LogP contribution is -2.15. The molecule has 0 saturated carbocycles. The van der Waals surface area contributed by atoms with E-state index in [0.717, 1.165) is 30.0 Å². The number of nitrogens with zero attached hydrogens (tertiary/aromatic N) is 3. The second kappa shape index (κ2) is 3.68. The summed E-state index contributed by atoms with van der Waals surface area (Å²) in [5.74, 6) is 0. The first-order valence-corrected chi connectivity index (χ1v) is 6.29. The van der Waals surface area contributed by atoms with Crippen molar-refractivity contribution in [1.29, 1.82) is 0 Å². The fourth-order valence-corrected chi connectivity index (χ4v) is 3.33. The lowest BCUT2D eigenvalue weighted by molar-refractivity contribution is 0.573. The fraction of sp³-hybridized carbons (Fsp3) is 0.455. The minimum absolute atomic E-state index is 0.184. The zero-order chi connectivity index (χ0) is 11.1. The summed E-state index contributed by atoms with van der Waals surface area (Å²) in [7, 11) is 1.99. The first-order chi connectivity index (χ1) is 7.75. The van der Waals surface area contributed by atoms with Crippen LogP contribution >= 0.6 is 11.3 Å². The smallest absolute Gasteiger partial charge is 0.142 e. The summed E-state index contributed by atoms with van der Waals surface area (Å²) in [6, 6.07) is 0.184. The third-order valence-corrected chi connectivity index (χ3v) is 4.28. The van der Waals surface area contributed by atoms with Crippen molar-refractivity contribution < 1.29 is 0 Å². The zero-order valence-corrected chi connectivity index (χ0v) is 10.00. The Morgan fingerprint density at radius 2 is 2.44 bits per heavy atom. The summed E-state index contributed by atoms with van der Waals surface area (Å²) >= 11 is 1.72. The van der Waals surface area contributed by atoms with Crippen LogP contribution in [0.3, 0.4) is 0 Å². The molecule has 1 unspecified atom stereocenters. The van der Waals surface area contributed by atoms with Crippen LogP contribution in [-0.4, -0.2) is 14.5 Å². The van der Waals surface area contributed by atoms with Crippen molar-refractivity contribution in [2.75, 3.05) is 0 Å². The summed E-state index contributed by atoms with van der Waals surface area (Å²) in [5.41, 5.74) is 8.37. The molecule has 0 aromatic carbocycles. The van der Waals surface area contributed by atoms with Crippen LogP contribution < -0.4 is 5.73 Å². The second-order valence-electron chi connectivity index (χ2n) is 4.22. The van der Waals surface area contributed by atoms with E-state index in [-0.39, 0.29) is 6.04 Å². The van der Waals surface area contributed by atoms with Gasteiger partial charge in [0.2, 0.25) is 0 Å². The lowest BCUT2D eigenvalue weighted by Gasteiger charge is -2.15. The molecule has 0 spiro atoms. The van der Waals surface area contributed by atoms with E-state index in [1.54, 1.807) is 17.7 Å². The van der Waals surface area contributed by atoms with Gasteiger partial charge < -0.3 is 10.3 Å². The third-order valence-electron chi connectivity index (χ3n) is 3.03. The van der Waals surface area contributed by atoms with Gasteiger partial charge in [0.1, 0.15) is 5.01 Å². The van der Waals surface area contributed by atoms with Crippen LogP contribution in [0.2, 0.25) is 0 Å². The molecule has 1 aliphatic carbocycles. The summed E-state index contributed by atoms with van der Waals surface area (Å²) in [5, 5.41) is 1.04. The number of rotatable bonds is 1. The minimum atomic E-state index is 0.184. The van der Waals surface area contributed by atoms with Gasteiger partial charge in [-0.3, -0.25) is 0 Å². The van der Waals surface area contributed by atoms with Crippen molar-refractivity contribution in [3.8, 4) is 10.7 Å². The molecule has 2 N–H and O–H groups in total. The Balaban J connectivity index is 2.08. The van der Waals surface area contributed by atoms with Gasteiger partial charge >= 0.3 is 0 Å². The lowest BCUT2D eigenvalue weighted by atomic mass is 9.99. The van der Waals surface area contributed by atoms with Crippen molar-refractivity contribution in [3.63, 3.8) is 0 Å². The van der Waals surface area contributed by atoms with E-state index in [0.29, 0.717) is 0 Å². The third kappa shape index (κ3) is 1.47. The molecular formula is C11H14N4S. The van der Waals surface area contributed by atoms with E-state index < -0.39 is 0 Å². The van der Waals surface area contributed by atoms with Crippen molar-refractivity contribution in [1.82, 2.24) is 14.5 Å². The monoisotopic (exact) mass is 234 g/mol. The Kier molecular flexibility index (Phi) is 2.29. The number of thiazole rings is 1. The van der Waals surface area contributed by atoms with Crippen molar-refractivity contribution >= 4 is 11.3 Å².